The predicted octanol–water partition coefficient (Wildman–Crippen LogP) is -0.741. The summed E-state index contributed by atoms with van der Waals surface area (Å²) in [6.45, 7) is 1.50. The topological polar surface area (TPSA) is 58.2 Å². The van der Waals surface area contributed by atoms with Crippen molar-refractivity contribution < 1.29 is 9.59 Å². The van der Waals surface area contributed by atoms with Crippen LogP contribution < -0.4 is 10.6 Å². The van der Waals surface area contributed by atoms with Crippen molar-refractivity contribution in [2.45, 2.75) is 12.8 Å². The van der Waals surface area contributed by atoms with Crippen LogP contribution in [0.2, 0.25) is 0 Å². The summed E-state index contributed by atoms with van der Waals surface area (Å²) in [5.74, 6) is 0.992. The molecule has 2 N–H and O–H groups in total. The average Bonchev–Trinajstić information content (AvgIpc) is 2.58. The predicted molar refractivity (Wildman–Crippen MR) is 42.2 cm³/mol. The molecule has 2 heterocycles. The van der Waals surface area contributed by atoms with Gasteiger partial charge in [0.1, 0.15) is 0 Å². The third-order valence-corrected chi connectivity index (χ3v) is 2.68. The van der Waals surface area contributed by atoms with Gasteiger partial charge < -0.3 is 10.6 Å². The van der Waals surface area contributed by atoms with Gasteiger partial charge in [0.15, 0.2) is 0 Å². The van der Waals surface area contributed by atoms with Crippen molar-refractivity contribution in [3.05, 3.63) is 0 Å². The van der Waals surface area contributed by atoms with E-state index in [1.165, 1.54) is 0 Å². The minimum atomic E-state index is 0.124. The van der Waals surface area contributed by atoms with Crippen LogP contribution in [0.25, 0.3) is 0 Å². The molecule has 0 bridgehead atoms. The van der Waals surface area contributed by atoms with Gasteiger partial charge in [-0.2, -0.15) is 0 Å². The SMILES string of the molecule is O=C1CC(C2CNC(=O)C2)CN1. The fraction of sp³-hybridized carbons (Fsp3) is 0.750. The third-order valence-electron chi connectivity index (χ3n) is 2.68. The van der Waals surface area contributed by atoms with Crippen LogP contribution in [-0.2, 0) is 9.59 Å². The summed E-state index contributed by atoms with van der Waals surface area (Å²) >= 11 is 0. The molecule has 2 atom stereocenters. The van der Waals surface area contributed by atoms with Gasteiger partial charge in [-0.15, -0.1) is 0 Å². The molecular formula is C8H12N2O2. The van der Waals surface area contributed by atoms with Crippen LogP contribution in [0.4, 0.5) is 0 Å². The number of amides is 2. The van der Waals surface area contributed by atoms with Crippen molar-refractivity contribution in [1.29, 1.82) is 0 Å². The Morgan fingerprint density at radius 3 is 1.58 bits per heavy atom. The number of nitrogens with one attached hydrogen (secondary N) is 2. The molecule has 2 saturated heterocycles. The van der Waals surface area contributed by atoms with Gasteiger partial charge in [0.2, 0.25) is 11.8 Å². The maximum atomic E-state index is 10.9. The van der Waals surface area contributed by atoms with E-state index in [-0.39, 0.29) is 11.8 Å². The summed E-state index contributed by atoms with van der Waals surface area (Å²) in [5.41, 5.74) is 0. The van der Waals surface area contributed by atoms with E-state index in [1.54, 1.807) is 0 Å². The molecule has 66 valence electrons. The molecule has 2 aliphatic heterocycles. The van der Waals surface area contributed by atoms with Crippen LogP contribution in [0.5, 0.6) is 0 Å². The Labute approximate surface area is 70.7 Å². The first-order chi connectivity index (χ1) is 5.75. The van der Waals surface area contributed by atoms with Crippen molar-refractivity contribution >= 4 is 11.8 Å². The lowest BCUT2D eigenvalue weighted by atomic mass is 9.91. The second-order valence-corrected chi connectivity index (χ2v) is 3.54. The molecule has 0 aliphatic carbocycles. The van der Waals surface area contributed by atoms with Crippen LogP contribution in [0.15, 0.2) is 0 Å². The maximum Gasteiger partial charge on any atom is 0.220 e. The van der Waals surface area contributed by atoms with E-state index in [0.29, 0.717) is 24.7 Å². The van der Waals surface area contributed by atoms with Gasteiger partial charge >= 0.3 is 0 Å². The van der Waals surface area contributed by atoms with Crippen LogP contribution in [0.1, 0.15) is 12.8 Å². The minimum Gasteiger partial charge on any atom is -0.356 e. The standard InChI is InChI=1S/C8H12N2O2/c11-7-1-5(3-9-7)6-2-8(12)10-4-6/h5-6H,1-4H2,(H,9,11)(H,10,12). The zero-order chi connectivity index (χ0) is 8.55. The highest BCUT2D eigenvalue weighted by molar-refractivity contribution is 5.80. The smallest absolute Gasteiger partial charge is 0.220 e. The van der Waals surface area contributed by atoms with Gasteiger partial charge in [0.05, 0.1) is 0 Å². The molecule has 2 unspecified atom stereocenters. The summed E-state index contributed by atoms with van der Waals surface area (Å²) in [5, 5.41) is 5.57. The lowest BCUT2D eigenvalue weighted by Crippen LogP contribution is -2.20. The Morgan fingerprint density at radius 2 is 1.33 bits per heavy atom. The molecule has 2 fully saturated rings. The number of carbonyl (C=O) groups excluding carboxylic acids is 2. The highest BCUT2D eigenvalue weighted by Crippen LogP contribution is 2.24. The van der Waals surface area contributed by atoms with Crippen LogP contribution in [-0.4, -0.2) is 24.9 Å². The van der Waals surface area contributed by atoms with Gasteiger partial charge in [0.25, 0.3) is 0 Å². The Morgan fingerprint density at radius 1 is 0.917 bits per heavy atom. The average molecular weight is 168 g/mol. The summed E-state index contributed by atoms with van der Waals surface area (Å²) in [6.07, 6.45) is 1.19. The summed E-state index contributed by atoms with van der Waals surface area (Å²) in [7, 11) is 0. The Kier molecular flexibility index (Phi) is 1.75. The van der Waals surface area contributed by atoms with Crippen LogP contribution in [0, 0.1) is 11.8 Å². The lowest BCUT2D eigenvalue weighted by Gasteiger charge is -2.12. The molecule has 0 aromatic heterocycles. The Bertz CT molecular complexity index is 203. The molecule has 2 aliphatic rings. The second kappa shape index (κ2) is 2.77. The van der Waals surface area contributed by atoms with E-state index in [0.717, 1.165) is 13.1 Å². The largest absolute Gasteiger partial charge is 0.356 e. The molecule has 4 heteroatoms. The van der Waals surface area contributed by atoms with Crippen molar-refractivity contribution in [2.75, 3.05) is 13.1 Å². The molecule has 0 radical (unpaired) electrons. The zero-order valence-corrected chi connectivity index (χ0v) is 6.80. The number of hydrogen-bond acceptors (Lipinski definition) is 2. The highest BCUT2D eigenvalue weighted by atomic mass is 16.2. The molecule has 2 amide bonds. The maximum absolute atomic E-state index is 10.9. The first-order valence-electron chi connectivity index (χ1n) is 4.29. The Hall–Kier alpha value is -1.06. The molecule has 2 rings (SSSR count). The van der Waals surface area contributed by atoms with E-state index in [4.69, 9.17) is 0 Å². The highest BCUT2D eigenvalue weighted by Gasteiger charge is 2.33. The molecule has 0 spiro atoms. The normalized spacial score (nSPS) is 35.0. The van der Waals surface area contributed by atoms with Crippen molar-refractivity contribution in [3.63, 3.8) is 0 Å². The molecule has 12 heavy (non-hydrogen) atoms. The van der Waals surface area contributed by atoms with E-state index in [1.807, 2.05) is 0 Å². The third kappa shape index (κ3) is 1.29. The van der Waals surface area contributed by atoms with Gasteiger partial charge in [0, 0.05) is 25.9 Å². The number of hydrogen-bond donors (Lipinski definition) is 2. The van der Waals surface area contributed by atoms with E-state index in [9.17, 15) is 9.59 Å². The van der Waals surface area contributed by atoms with Crippen LogP contribution in [0.3, 0.4) is 0 Å². The van der Waals surface area contributed by atoms with Crippen molar-refractivity contribution in [3.8, 4) is 0 Å². The van der Waals surface area contributed by atoms with E-state index in [2.05, 4.69) is 10.6 Å². The fourth-order valence-electron chi connectivity index (χ4n) is 1.92. The summed E-state index contributed by atoms with van der Waals surface area (Å²) in [4.78, 5) is 21.8. The molecular weight excluding hydrogens is 156 g/mol. The summed E-state index contributed by atoms with van der Waals surface area (Å²) in [6, 6.07) is 0. The van der Waals surface area contributed by atoms with Crippen molar-refractivity contribution in [1.82, 2.24) is 10.6 Å². The van der Waals surface area contributed by atoms with Gasteiger partial charge in [-0.3, -0.25) is 9.59 Å². The first kappa shape index (κ1) is 7.58. The monoisotopic (exact) mass is 168 g/mol. The fourth-order valence-corrected chi connectivity index (χ4v) is 1.92. The van der Waals surface area contributed by atoms with Gasteiger partial charge in [-0.1, -0.05) is 0 Å². The van der Waals surface area contributed by atoms with Gasteiger partial charge in [-0.05, 0) is 11.8 Å². The quantitative estimate of drug-likeness (QED) is 0.541. The van der Waals surface area contributed by atoms with Gasteiger partial charge in [-0.25, -0.2) is 0 Å². The number of rotatable bonds is 1. The number of carbonyl (C=O) groups is 2. The van der Waals surface area contributed by atoms with E-state index < -0.39 is 0 Å². The molecule has 0 aromatic carbocycles. The lowest BCUT2D eigenvalue weighted by molar-refractivity contribution is -0.120. The molecule has 4 nitrogen and oxygen atoms in total. The summed E-state index contributed by atoms with van der Waals surface area (Å²) < 4.78 is 0. The van der Waals surface area contributed by atoms with Crippen molar-refractivity contribution in [2.24, 2.45) is 11.8 Å². The molecule has 0 aromatic rings. The minimum absolute atomic E-state index is 0.124. The Balaban J connectivity index is 1.93. The second-order valence-electron chi connectivity index (χ2n) is 3.54. The first-order valence-corrected chi connectivity index (χ1v) is 4.29. The molecule has 0 saturated carbocycles. The van der Waals surface area contributed by atoms with E-state index >= 15 is 0 Å². The zero-order valence-electron chi connectivity index (χ0n) is 6.80. The van der Waals surface area contributed by atoms with Crippen LogP contribution >= 0.6 is 0 Å².